The maximum atomic E-state index is 11.8. The molecule has 2 atom stereocenters. The van der Waals surface area contributed by atoms with E-state index in [2.05, 4.69) is 19.2 Å². The molecule has 1 saturated heterocycles. The zero-order valence-electron chi connectivity index (χ0n) is 10.6. The van der Waals surface area contributed by atoms with Crippen LogP contribution in [0.4, 0.5) is 0 Å². The molecule has 0 aromatic heterocycles. The van der Waals surface area contributed by atoms with E-state index in [9.17, 15) is 9.90 Å². The molecule has 94 valence electrons. The molecule has 0 aromatic rings. The van der Waals surface area contributed by atoms with Crippen LogP contribution in [0.5, 0.6) is 0 Å². The van der Waals surface area contributed by atoms with Crippen molar-refractivity contribution in [2.45, 2.75) is 45.8 Å². The van der Waals surface area contributed by atoms with Gasteiger partial charge < -0.3 is 15.3 Å². The summed E-state index contributed by atoms with van der Waals surface area (Å²) in [6, 6.07) is 0.427. The van der Waals surface area contributed by atoms with E-state index < -0.39 is 0 Å². The first-order valence-corrected chi connectivity index (χ1v) is 6.20. The number of carbonyl (C=O) groups is 1. The van der Waals surface area contributed by atoms with Gasteiger partial charge in [0, 0.05) is 38.0 Å². The molecule has 1 amide bonds. The standard InChI is InChI=1S/C12H24N2O2/c1-9(2)13-6-4-12(16)14-7-5-11(8-14)10(3)15/h9-11,13,15H,4-8H2,1-3H3. The van der Waals surface area contributed by atoms with Crippen molar-refractivity contribution < 1.29 is 9.90 Å². The molecule has 2 N–H and O–H groups in total. The highest BCUT2D eigenvalue weighted by molar-refractivity contribution is 5.76. The third-order valence-corrected chi connectivity index (χ3v) is 3.15. The SMILES string of the molecule is CC(C)NCCC(=O)N1CCC(C(C)O)C1. The van der Waals surface area contributed by atoms with Crippen LogP contribution in [-0.4, -0.2) is 47.7 Å². The highest BCUT2D eigenvalue weighted by Gasteiger charge is 2.28. The van der Waals surface area contributed by atoms with E-state index in [1.54, 1.807) is 6.92 Å². The van der Waals surface area contributed by atoms with E-state index in [-0.39, 0.29) is 17.9 Å². The summed E-state index contributed by atoms with van der Waals surface area (Å²) in [6.45, 7) is 8.22. The second-order valence-electron chi connectivity index (χ2n) is 4.99. The number of carbonyl (C=O) groups excluding carboxylic acids is 1. The Kier molecular flexibility index (Phi) is 5.22. The van der Waals surface area contributed by atoms with Crippen LogP contribution < -0.4 is 5.32 Å². The van der Waals surface area contributed by atoms with Crippen molar-refractivity contribution in [2.24, 2.45) is 5.92 Å². The molecule has 0 saturated carbocycles. The van der Waals surface area contributed by atoms with E-state index in [4.69, 9.17) is 0 Å². The smallest absolute Gasteiger partial charge is 0.223 e. The molecule has 2 unspecified atom stereocenters. The minimum atomic E-state index is -0.299. The highest BCUT2D eigenvalue weighted by Crippen LogP contribution is 2.19. The van der Waals surface area contributed by atoms with Crippen molar-refractivity contribution in [1.29, 1.82) is 0 Å². The van der Waals surface area contributed by atoms with E-state index in [1.165, 1.54) is 0 Å². The van der Waals surface area contributed by atoms with Crippen LogP contribution in [0.1, 0.15) is 33.6 Å². The maximum Gasteiger partial charge on any atom is 0.223 e. The van der Waals surface area contributed by atoms with Crippen molar-refractivity contribution in [3.8, 4) is 0 Å². The average Bonchev–Trinajstić information content (AvgIpc) is 2.65. The Bertz CT molecular complexity index is 229. The molecular weight excluding hydrogens is 204 g/mol. The zero-order chi connectivity index (χ0) is 12.1. The lowest BCUT2D eigenvalue weighted by Crippen LogP contribution is -2.34. The van der Waals surface area contributed by atoms with Gasteiger partial charge >= 0.3 is 0 Å². The van der Waals surface area contributed by atoms with Crippen LogP contribution in [0.25, 0.3) is 0 Å². The molecule has 1 rings (SSSR count). The van der Waals surface area contributed by atoms with Gasteiger partial charge in [0.25, 0.3) is 0 Å². The number of likely N-dealkylation sites (tertiary alicyclic amines) is 1. The van der Waals surface area contributed by atoms with Crippen LogP contribution in [-0.2, 0) is 4.79 Å². The maximum absolute atomic E-state index is 11.8. The Morgan fingerprint density at radius 3 is 2.69 bits per heavy atom. The van der Waals surface area contributed by atoms with Crippen LogP contribution in [0.15, 0.2) is 0 Å². The fourth-order valence-electron chi connectivity index (χ4n) is 2.03. The molecule has 1 heterocycles. The predicted octanol–water partition coefficient (Wildman–Crippen LogP) is 0.604. The number of hydrogen-bond donors (Lipinski definition) is 2. The molecule has 0 spiro atoms. The third-order valence-electron chi connectivity index (χ3n) is 3.15. The lowest BCUT2D eigenvalue weighted by atomic mass is 10.0. The summed E-state index contributed by atoms with van der Waals surface area (Å²) < 4.78 is 0. The summed E-state index contributed by atoms with van der Waals surface area (Å²) in [4.78, 5) is 13.7. The Hall–Kier alpha value is -0.610. The van der Waals surface area contributed by atoms with Gasteiger partial charge in [-0.15, -0.1) is 0 Å². The molecule has 0 aromatic carbocycles. The molecule has 1 aliphatic rings. The molecule has 0 radical (unpaired) electrons. The van der Waals surface area contributed by atoms with Gasteiger partial charge in [0.2, 0.25) is 5.91 Å². The Morgan fingerprint density at radius 2 is 2.19 bits per heavy atom. The summed E-state index contributed by atoms with van der Waals surface area (Å²) in [5.41, 5.74) is 0. The number of amides is 1. The summed E-state index contributed by atoms with van der Waals surface area (Å²) in [5, 5.41) is 12.7. The van der Waals surface area contributed by atoms with E-state index in [0.717, 1.165) is 26.1 Å². The summed E-state index contributed by atoms with van der Waals surface area (Å²) in [5.74, 6) is 0.471. The molecule has 4 heteroatoms. The molecule has 1 fully saturated rings. The van der Waals surface area contributed by atoms with Gasteiger partial charge in [0.15, 0.2) is 0 Å². The molecular formula is C12H24N2O2. The van der Waals surface area contributed by atoms with Gasteiger partial charge in [0.1, 0.15) is 0 Å². The van der Waals surface area contributed by atoms with Crippen LogP contribution in [0, 0.1) is 5.92 Å². The number of aliphatic hydroxyl groups excluding tert-OH is 1. The number of aliphatic hydroxyl groups is 1. The van der Waals surface area contributed by atoms with Crippen molar-refractivity contribution in [2.75, 3.05) is 19.6 Å². The zero-order valence-corrected chi connectivity index (χ0v) is 10.6. The Labute approximate surface area is 98.0 Å². The monoisotopic (exact) mass is 228 g/mol. The van der Waals surface area contributed by atoms with Gasteiger partial charge in [-0.25, -0.2) is 0 Å². The first kappa shape index (κ1) is 13.5. The minimum Gasteiger partial charge on any atom is -0.393 e. The van der Waals surface area contributed by atoms with Crippen LogP contribution in [0.2, 0.25) is 0 Å². The lowest BCUT2D eigenvalue weighted by molar-refractivity contribution is -0.130. The van der Waals surface area contributed by atoms with Gasteiger partial charge in [-0.2, -0.15) is 0 Å². The second-order valence-corrected chi connectivity index (χ2v) is 4.99. The first-order chi connectivity index (χ1) is 7.50. The fraction of sp³-hybridized carbons (Fsp3) is 0.917. The number of rotatable bonds is 5. The highest BCUT2D eigenvalue weighted by atomic mass is 16.3. The van der Waals surface area contributed by atoms with Gasteiger partial charge in [0.05, 0.1) is 6.10 Å². The number of nitrogens with one attached hydrogen (secondary N) is 1. The van der Waals surface area contributed by atoms with E-state index >= 15 is 0 Å². The molecule has 1 aliphatic heterocycles. The predicted molar refractivity (Wildman–Crippen MR) is 64.1 cm³/mol. The second kappa shape index (κ2) is 6.21. The van der Waals surface area contributed by atoms with E-state index in [1.807, 2.05) is 4.90 Å². The first-order valence-electron chi connectivity index (χ1n) is 6.20. The molecule has 0 aliphatic carbocycles. The number of hydrogen-bond acceptors (Lipinski definition) is 3. The van der Waals surface area contributed by atoms with Gasteiger partial charge in [-0.1, -0.05) is 13.8 Å². The van der Waals surface area contributed by atoms with Crippen molar-refractivity contribution >= 4 is 5.91 Å². The van der Waals surface area contributed by atoms with Crippen LogP contribution in [0.3, 0.4) is 0 Å². The molecule has 0 bridgehead atoms. The summed E-state index contributed by atoms with van der Waals surface area (Å²) >= 11 is 0. The Balaban J connectivity index is 2.23. The topological polar surface area (TPSA) is 52.6 Å². The number of nitrogens with zero attached hydrogens (tertiary/aromatic N) is 1. The average molecular weight is 228 g/mol. The normalized spacial score (nSPS) is 22.8. The quantitative estimate of drug-likeness (QED) is 0.724. The molecule has 16 heavy (non-hydrogen) atoms. The minimum absolute atomic E-state index is 0.205. The van der Waals surface area contributed by atoms with Crippen molar-refractivity contribution in [1.82, 2.24) is 10.2 Å². The van der Waals surface area contributed by atoms with E-state index in [0.29, 0.717) is 12.5 Å². The van der Waals surface area contributed by atoms with Crippen LogP contribution >= 0.6 is 0 Å². The van der Waals surface area contributed by atoms with Crippen molar-refractivity contribution in [3.05, 3.63) is 0 Å². The summed E-state index contributed by atoms with van der Waals surface area (Å²) in [6.07, 6.45) is 1.19. The largest absolute Gasteiger partial charge is 0.393 e. The fourth-order valence-corrected chi connectivity index (χ4v) is 2.03. The van der Waals surface area contributed by atoms with Crippen molar-refractivity contribution in [3.63, 3.8) is 0 Å². The van der Waals surface area contributed by atoms with Gasteiger partial charge in [-0.05, 0) is 13.3 Å². The molecule has 4 nitrogen and oxygen atoms in total. The lowest BCUT2D eigenvalue weighted by Gasteiger charge is -2.18. The Morgan fingerprint density at radius 1 is 1.50 bits per heavy atom. The summed E-state index contributed by atoms with van der Waals surface area (Å²) in [7, 11) is 0. The van der Waals surface area contributed by atoms with Gasteiger partial charge in [-0.3, -0.25) is 4.79 Å². The third kappa shape index (κ3) is 4.10.